The van der Waals surface area contributed by atoms with Gasteiger partial charge >= 0.3 is 6.18 Å². The molecule has 0 atom stereocenters. The van der Waals surface area contributed by atoms with Gasteiger partial charge in [0.2, 0.25) is 0 Å². The molecular weight excluding hydrogens is 347 g/mol. The van der Waals surface area contributed by atoms with E-state index in [0.29, 0.717) is 10.8 Å². The van der Waals surface area contributed by atoms with Crippen LogP contribution in [0.15, 0.2) is 30.5 Å². The van der Waals surface area contributed by atoms with Gasteiger partial charge in [0.05, 0.1) is 12.1 Å². The highest BCUT2D eigenvalue weighted by Crippen LogP contribution is 2.31. The highest BCUT2D eigenvalue weighted by atomic mass is 35.5. The summed E-state index contributed by atoms with van der Waals surface area (Å²) in [5.74, 6) is -0.258. The Bertz CT molecular complexity index is 731. The normalized spacial score (nSPS) is 11.4. The summed E-state index contributed by atoms with van der Waals surface area (Å²) in [5.41, 5.74) is -1.69. The summed E-state index contributed by atoms with van der Waals surface area (Å²) in [6.07, 6.45) is -3.64. The number of hydrogen-bond acceptors (Lipinski definition) is 3. The van der Waals surface area contributed by atoms with E-state index in [0.717, 1.165) is 15.8 Å². The van der Waals surface area contributed by atoms with Crippen LogP contribution in [-0.2, 0) is 13.2 Å². The Morgan fingerprint density at radius 1 is 1.42 bits per heavy atom. The Morgan fingerprint density at radius 3 is 2.75 bits per heavy atom. The fraction of sp³-hybridized carbons (Fsp3) is 0.333. The quantitative estimate of drug-likeness (QED) is 0.821. The number of halogens is 4. The summed E-state index contributed by atoms with van der Waals surface area (Å²) in [6.45, 7) is 0.224. The number of nitrogens with zero attached hydrogens (tertiary/aromatic N) is 3. The topological polar surface area (TPSA) is 47.4 Å². The molecule has 0 aliphatic heterocycles. The molecule has 0 radical (unpaired) electrons. The molecule has 0 bridgehead atoms. The van der Waals surface area contributed by atoms with Crippen molar-refractivity contribution in [3.63, 3.8) is 0 Å². The lowest BCUT2D eigenvalue weighted by Crippen LogP contribution is -2.32. The second-order valence-corrected chi connectivity index (χ2v) is 5.53. The van der Waals surface area contributed by atoms with Crippen molar-refractivity contribution in [2.75, 3.05) is 20.2 Å². The lowest BCUT2D eigenvalue weighted by molar-refractivity contribution is -0.141. The van der Waals surface area contributed by atoms with Crippen LogP contribution in [0, 0.1) is 0 Å². The molecule has 0 saturated carbocycles. The fourth-order valence-electron chi connectivity index (χ4n) is 2.02. The summed E-state index contributed by atoms with van der Waals surface area (Å²) < 4.78 is 45.1. The first-order valence-corrected chi connectivity index (χ1v) is 7.31. The molecule has 130 valence electrons. The molecular formula is C15H15ClF3N3O2. The van der Waals surface area contributed by atoms with Crippen LogP contribution >= 0.6 is 11.6 Å². The lowest BCUT2D eigenvalue weighted by Gasteiger charge is -2.17. The molecule has 1 amide bonds. The third kappa shape index (κ3) is 4.41. The van der Waals surface area contributed by atoms with Crippen molar-refractivity contribution in [3.05, 3.63) is 46.7 Å². The van der Waals surface area contributed by atoms with E-state index in [2.05, 4.69) is 5.10 Å². The van der Waals surface area contributed by atoms with Crippen molar-refractivity contribution in [2.24, 2.45) is 7.05 Å². The van der Waals surface area contributed by atoms with E-state index in [4.69, 9.17) is 16.3 Å². The van der Waals surface area contributed by atoms with Gasteiger partial charge < -0.3 is 9.64 Å². The number of carbonyl (C=O) groups is 1. The van der Waals surface area contributed by atoms with Gasteiger partial charge in [-0.15, -0.1) is 0 Å². The van der Waals surface area contributed by atoms with Gasteiger partial charge in [-0.2, -0.15) is 18.3 Å². The molecule has 9 heteroatoms. The third-order valence-corrected chi connectivity index (χ3v) is 3.40. The van der Waals surface area contributed by atoms with E-state index >= 15 is 0 Å². The Morgan fingerprint density at radius 2 is 2.12 bits per heavy atom. The second kappa shape index (κ2) is 7.12. The van der Waals surface area contributed by atoms with Crippen LogP contribution in [0.1, 0.15) is 16.1 Å². The predicted octanol–water partition coefficient (Wildman–Crippen LogP) is 3.24. The van der Waals surface area contributed by atoms with E-state index in [1.165, 1.54) is 14.1 Å². The molecule has 0 spiro atoms. The van der Waals surface area contributed by atoms with Crippen LogP contribution in [0.5, 0.6) is 5.75 Å². The zero-order valence-corrected chi connectivity index (χ0v) is 13.7. The van der Waals surface area contributed by atoms with Gasteiger partial charge in [0.1, 0.15) is 12.4 Å². The Hall–Kier alpha value is -2.22. The standard InChI is InChI=1S/C15H15ClF3N3O2/c1-21(6-7-24-11-5-3-4-10(16)8-11)14(23)12-9-22(2)20-13(12)15(17,18)19/h3-5,8-9H,6-7H2,1-2H3. The first kappa shape index (κ1) is 18.1. The summed E-state index contributed by atoms with van der Waals surface area (Å²) >= 11 is 5.82. The molecule has 2 aromatic rings. The van der Waals surface area contributed by atoms with Gasteiger partial charge in [-0.3, -0.25) is 9.48 Å². The number of alkyl halides is 3. The van der Waals surface area contributed by atoms with Gasteiger partial charge in [0, 0.05) is 25.3 Å². The molecule has 5 nitrogen and oxygen atoms in total. The van der Waals surface area contributed by atoms with Crippen LogP contribution in [-0.4, -0.2) is 40.8 Å². The number of hydrogen-bond donors (Lipinski definition) is 0. The number of aromatic nitrogens is 2. The van der Waals surface area contributed by atoms with Crippen LogP contribution in [0.25, 0.3) is 0 Å². The molecule has 0 aliphatic rings. The maximum Gasteiger partial charge on any atom is 0.435 e. The SMILES string of the molecule is CN(CCOc1cccc(Cl)c1)C(=O)c1cn(C)nc1C(F)(F)F. The van der Waals surface area contributed by atoms with Crippen molar-refractivity contribution in [2.45, 2.75) is 6.18 Å². The van der Waals surface area contributed by atoms with Crippen LogP contribution in [0.2, 0.25) is 5.02 Å². The molecule has 2 rings (SSSR count). The number of ether oxygens (including phenoxy) is 1. The number of amides is 1. The van der Waals surface area contributed by atoms with Crippen LogP contribution in [0.4, 0.5) is 13.2 Å². The number of carbonyl (C=O) groups excluding carboxylic acids is 1. The average molecular weight is 362 g/mol. The maximum atomic E-state index is 12.9. The van der Waals surface area contributed by atoms with Gasteiger partial charge in [-0.1, -0.05) is 17.7 Å². The molecule has 0 N–H and O–H groups in total. The maximum absolute atomic E-state index is 12.9. The summed E-state index contributed by atoms with van der Waals surface area (Å²) in [5, 5.41) is 3.82. The molecule has 1 aromatic carbocycles. The minimum Gasteiger partial charge on any atom is -0.492 e. The smallest absolute Gasteiger partial charge is 0.435 e. The van der Waals surface area contributed by atoms with E-state index in [1.807, 2.05) is 0 Å². The van der Waals surface area contributed by atoms with Crippen LogP contribution < -0.4 is 4.74 Å². The highest BCUT2D eigenvalue weighted by molar-refractivity contribution is 6.30. The van der Waals surface area contributed by atoms with Crippen LogP contribution in [0.3, 0.4) is 0 Å². The van der Waals surface area contributed by atoms with Crippen molar-refractivity contribution in [3.8, 4) is 5.75 Å². The summed E-state index contributed by atoms with van der Waals surface area (Å²) in [4.78, 5) is 13.4. The average Bonchev–Trinajstić information content (AvgIpc) is 2.88. The molecule has 1 heterocycles. The first-order chi connectivity index (χ1) is 11.2. The van der Waals surface area contributed by atoms with Gasteiger partial charge in [-0.25, -0.2) is 0 Å². The van der Waals surface area contributed by atoms with Gasteiger partial charge in [-0.05, 0) is 18.2 Å². The van der Waals surface area contributed by atoms with E-state index in [-0.39, 0.29) is 13.2 Å². The first-order valence-electron chi connectivity index (χ1n) is 6.93. The Balaban J connectivity index is 2.00. The number of aryl methyl sites for hydroxylation is 1. The minimum atomic E-state index is -4.69. The molecule has 1 aromatic heterocycles. The Kier molecular flexibility index (Phi) is 5.38. The number of likely N-dealkylation sites (N-methyl/N-ethyl adjacent to an activating group) is 1. The van der Waals surface area contributed by atoms with Crippen molar-refractivity contribution in [1.82, 2.24) is 14.7 Å². The largest absolute Gasteiger partial charge is 0.492 e. The summed E-state index contributed by atoms with van der Waals surface area (Å²) in [7, 11) is 2.73. The number of benzene rings is 1. The zero-order chi connectivity index (χ0) is 17.9. The molecule has 24 heavy (non-hydrogen) atoms. The van der Waals surface area contributed by atoms with Crippen molar-refractivity contribution >= 4 is 17.5 Å². The second-order valence-electron chi connectivity index (χ2n) is 5.10. The minimum absolute atomic E-state index is 0.109. The van der Waals surface area contributed by atoms with Gasteiger partial charge in [0.25, 0.3) is 5.91 Å². The predicted molar refractivity (Wildman–Crippen MR) is 82.1 cm³/mol. The molecule has 0 saturated heterocycles. The van der Waals surface area contributed by atoms with Crippen molar-refractivity contribution in [1.29, 1.82) is 0 Å². The molecule has 0 unspecified atom stereocenters. The fourth-order valence-corrected chi connectivity index (χ4v) is 2.20. The molecule has 0 fully saturated rings. The highest BCUT2D eigenvalue weighted by Gasteiger charge is 2.39. The van der Waals surface area contributed by atoms with E-state index in [9.17, 15) is 18.0 Å². The lowest BCUT2D eigenvalue weighted by atomic mass is 10.2. The molecule has 0 aliphatic carbocycles. The third-order valence-electron chi connectivity index (χ3n) is 3.17. The van der Waals surface area contributed by atoms with Crippen molar-refractivity contribution < 1.29 is 22.7 Å². The zero-order valence-electron chi connectivity index (χ0n) is 13.0. The number of rotatable bonds is 5. The monoisotopic (exact) mass is 361 g/mol. The summed E-state index contributed by atoms with van der Waals surface area (Å²) in [6, 6.07) is 6.69. The van der Waals surface area contributed by atoms with E-state index in [1.54, 1.807) is 24.3 Å². The van der Waals surface area contributed by atoms with E-state index < -0.39 is 23.3 Å². The van der Waals surface area contributed by atoms with Gasteiger partial charge in [0.15, 0.2) is 5.69 Å². The Labute approximate surface area is 141 Å².